The minimum Gasteiger partial charge on any atom is -0.479 e. The summed E-state index contributed by atoms with van der Waals surface area (Å²) in [6, 6.07) is 6.14. The molecule has 1 aliphatic heterocycles. The van der Waals surface area contributed by atoms with E-state index in [1.165, 1.54) is 12.1 Å². The summed E-state index contributed by atoms with van der Waals surface area (Å²) in [6.07, 6.45) is -1.86. The van der Waals surface area contributed by atoms with Crippen LogP contribution in [-0.4, -0.2) is 54.3 Å². The zero-order valence-corrected chi connectivity index (χ0v) is 17.6. The van der Waals surface area contributed by atoms with Gasteiger partial charge in [0.1, 0.15) is 11.1 Å². The Morgan fingerprint density at radius 1 is 1.25 bits per heavy atom. The number of hydrogen-bond acceptors (Lipinski definition) is 6. The predicted octanol–water partition coefficient (Wildman–Crippen LogP) is 2.94. The normalized spacial score (nSPS) is 22.9. The molecule has 156 valence electrons. The van der Waals surface area contributed by atoms with E-state index in [0.717, 1.165) is 10.5 Å². The number of carbonyl (C=O) groups is 2. The van der Waals surface area contributed by atoms with Gasteiger partial charge in [0.25, 0.3) is 10.1 Å². The number of aryl methyl sites for hydroxylation is 1. The molecule has 0 bridgehead atoms. The first kappa shape index (κ1) is 22.2. The Hall–Kier alpha value is -2.13. The van der Waals surface area contributed by atoms with E-state index in [1.807, 2.05) is 6.92 Å². The number of carboxylic acid groups (broad SMARTS) is 1. The van der Waals surface area contributed by atoms with Crippen LogP contribution in [0.5, 0.6) is 0 Å². The van der Waals surface area contributed by atoms with Gasteiger partial charge < -0.3 is 9.84 Å². The van der Waals surface area contributed by atoms with Crippen LogP contribution in [0, 0.1) is 6.92 Å². The van der Waals surface area contributed by atoms with Crippen LogP contribution in [0.3, 0.4) is 0 Å². The summed E-state index contributed by atoms with van der Waals surface area (Å²) in [6.45, 7) is 8.28. The molecule has 0 unspecified atom stereocenters. The largest absolute Gasteiger partial charge is 0.479 e. The molecule has 1 saturated heterocycles. The molecule has 0 saturated carbocycles. The van der Waals surface area contributed by atoms with E-state index < -0.39 is 39.4 Å². The zero-order valence-electron chi connectivity index (χ0n) is 16.8. The third-order valence-corrected chi connectivity index (χ3v) is 6.01. The molecule has 0 radical (unpaired) electrons. The number of carboxylic acids is 1. The fourth-order valence-electron chi connectivity index (χ4n) is 3.19. The molecule has 1 N–H and O–H groups in total. The van der Waals surface area contributed by atoms with Crippen molar-refractivity contribution in [3.63, 3.8) is 0 Å². The van der Waals surface area contributed by atoms with E-state index in [4.69, 9.17) is 8.92 Å². The smallest absolute Gasteiger partial charge is 0.411 e. The van der Waals surface area contributed by atoms with Gasteiger partial charge in [0.15, 0.2) is 0 Å². The Morgan fingerprint density at radius 3 is 2.29 bits per heavy atom. The van der Waals surface area contributed by atoms with E-state index in [-0.39, 0.29) is 24.3 Å². The summed E-state index contributed by atoms with van der Waals surface area (Å²) < 4.78 is 35.8. The van der Waals surface area contributed by atoms with Gasteiger partial charge in [0.2, 0.25) is 0 Å². The third kappa shape index (κ3) is 4.64. The first-order valence-corrected chi connectivity index (χ1v) is 10.5. The van der Waals surface area contributed by atoms with Gasteiger partial charge in [-0.2, -0.15) is 8.42 Å². The minimum atomic E-state index is -4.10. The number of rotatable bonds is 5. The molecule has 2 rings (SSSR count). The number of aliphatic carboxylic acids is 1. The van der Waals surface area contributed by atoms with Crippen LogP contribution in [0.25, 0.3) is 0 Å². The maximum absolute atomic E-state index is 12.6. The quantitative estimate of drug-likeness (QED) is 0.739. The highest BCUT2D eigenvalue weighted by atomic mass is 32.2. The molecule has 1 aromatic rings. The molecule has 0 spiro atoms. The number of nitrogens with zero attached hydrogens (tertiary/aromatic N) is 1. The molecule has 1 amide bonds. The van der Waals surface area contributed by atoms with Crippen molar-refractivity contribution in [1.82, 2.24) is 4.90 Å². The van der Waals surface area contributed by atoms with E-state index in [9.17, 15) is 23.1 Å². The molecular weight excluding hydrogens is 386 g/mol. The second-order valence-corrected chi connectivity index (χ2v) is 9.54. The zero-order chi connectivity index (χ0) is 21.3. The second-order valence-electron chi connectivity index (χ2n) is 7.97. The van der Waals surface area contributed by atoms with Crippen molar-refractivity contribution in [1.29, 1.82) is 0 Å². The predicted molar refractivity (Wildman–Crippen MR) is 101 cm³/mol. The average molecular weight is 413 g/mol. The SMILES string of the molecule is CC[C@@]1(C(=O)O)C[C@@H](OS(=O)(=O)c2ccc(C)cc2)CN1C(=O)OC(C)(C)C. The van der Waals surface area contributed by atoms with Crippen molar-refractivity contribution in [2.24, 2.45) is 0 Å². The monoisotopic (exact) mass is 413 g/mol. The fraction of sp³-hybridized carbons (Fsp3) is 0.579. The van der Waals surface area contributed by atoms with Gasteiger partial charge in [0.05, 0.1) is 17.5 Å². The highest BCUT2D eigenvalue weighted by molar-refractivity contribution is 7.86. The molecule has 1 fully saturated rings. The second kappa shape index (κ2) is 7.71. The number of amides is 1. The van der Waals surface area contributed by atoms with Crippen LogP contribution >= 0.6 is 0 Å². The first-order chi connectivity index (χ1) is 12.8. The first-order valence-electron chi connectivity index (χ1n) is 9.05. The summed E-state index contributed by atoms with van der Waals surface area (Å²) >= 11 is 0. The Balaban J connectivity index is 2.29. The lowest BCUT2D eigenvalue weighted by Crippen LogP contribution is -2.53. The Labute approximate surface area is 165 Å². The van der Waals surface area contributed by atoms with E-state index in [0.29, 0.717) is 0 Å². The van der Waals surface area contributed by atoms with Crippen molar-refractivity contribution in [2.75, 3.05) is 6.54 Å². The van der Waals surface area contributed by atoms with Crippen LogP contribution in [0.1, 0.15) is 46.1 Å². The summed E-state index contributed by atoms with van der Waals surface area (Å²) in [5.74, 6) is -1.22. The van der Waals surface area contributed by atoms with Gasteiger partial charge in [-0.3, -0.25) is 9.08 Å². The lowest BCUT2D eigenvalue weighted by molar-refractivity contribution is -0.149. The minimum absolute atomic E-state index is 0.0220. The van der Waals surface area contributed by atoms with Crippen LogP contribution in [0.4, 0.5) is 4.79 Å². The number of hydrogen-bond donors (Lipinski definition) is 1. The highest BCUT2D eigenvalue weighted by Crippen LogP contribution is 2.37. The molecule has 1 aromatic carbocycles. The fourth-order valence-corrected chi connectivity index (χ4v) is 4.26. The number of benzene rings is 1. The molecule has 0 aliphatic carbocycles. The van der Waals surface area contributed by atoms with E-state index >= 15 is 0 Å². The Morgan fingerprint density at radius 2 is 1.82 bits per heavy atom. The van der Waals surface area contributed by atoms with Crippen LogP contribution in [-0.2, 0) is 23.8 Å². The van der Waals surface area contributed by atoms with Crippen molar-refractivity contribution < 1.29 is 32.0 Å². The maximum atomic E-state index is 12.6. The van der Waals surface area contributed by atoms with Gasteiger partial charge in [-0.25, -0.2) is 9.59 Å². The summed E-state index contributed by atoms with van der Waals surface area (Å²) in [4.78, 5) is 25.6. The highest BCUT2D eigenvalue weighted by Gasteiger charge is 2.55. The average Bonchev–Trinajstić information content (AvgIpc) is 2.93. The molecule has 28 heavy (non-hydrogen) atoms. The van der Waals surface area contributed by atoms with Gasteiger partial charge >= 0.3 is 12.1 Å². The summed E-state index contributed by atoms with van der Waals surface area (Å²) in [7, 11) is -4.10. The van der Waals surface area contributed by atoms with E-state index in [1.54, 1.807) is 39.8 Å². The van der Waals surface area contributed by atoms with Gasteiger partial charge in [-0.05, 0) is 46.2 Å². The van der Waals surface area contributed by atoms with Crippen LogP contribution in [0.2, 0.25) is 0 Å². The Kier molecular flexibility index (Phi) is 6.10. The molecule has 1 aliphatic rings. The van der Waals surface area contributed by atoms with Gasteiger partial charge in [0, 0.05) is 6.42 Å². The number of likely N-dealkylation sites (tertiary alicyclic amines) is 1. The van der Waals surface area contributed by atoms with Crippen molar-refractivity contribution >= 4 is 22.2 Å². The van der Waals surface area contributed by atoms with Crippen LogP contribution < -0.4 is 0 Å². The number of carbonyl (C=O) groups excluding carboxylic acids is 1. The Bertz CT molecular complexity index is 842. The topological polar surface area (TPSA) is 110 Å². The van der Waals surface area contributed by atoms with Gasteiger partial charge in [-0.1, -0.05) is 24.6 Å². The maximum Gasteiger partial charge on any atom is 0.411 e. The standard InChI is InChI=1S/C19H27NO7S/c1-6-19(16(21)22)11-14(12-20(19)17(23)26-18(3,4)5)27-28(24,25)15-9-7-13(2)8-10-15/h7-10,14H,6,11-12H2,1-5H3,(H,21,22)/t14-,19+/m1/s1. The molecular formula is C19H27NO7S. The van der Waals surface area contributed by atoms with E-state index in [2.05, 4.69) is 0 Å². The molecule has 8 nitrogen and oxygen atoms in total. The summed E-state index contributed by atoms with van der Waals surface area (Å²) in [5.41, 5.74) is -1.51. The number of ether oxygens (including phenoxy) is 1. The van der Waals surface area contributed by atoms with Gasteiger partial charge in [-0.15, -0.1) is 0 Å². The lowest BCUT2D eigenvalue weighted by Gasteiger charge is -2.34. The third-order valence-electron chi connectivity index (χ3n) is 4.64. The molecule has 1 heterocycles. The van der Waals surface area contributed by atoms with Crippen molar-refractivity contribution in [3.8, 4) is 0 Å². The molecule has 0 aromatic heterocycles. The molecule has 2 atom stereocenters. The van der Waals surface area contributed by atoms with Crippen molar-refractivity contribution in [3.05, 3.63) is 29.8 Å². The van der Waals surface area contributed by atoms with Crippen molar-refractivity contribution in [2.45, 2.75) is 69.6 Å². The molecule has 9 heteroatoms. The lowest BCUT2D eigenvalue weighted by atomic mass is 9.92. The summed E-state index contributed by atoms with van der Waals surface area (Å²) in [5, 5.41) is 9.79. The van der Waals surface area contributed by atoms with Crippen LogP contribution in [0.15, 0.2) is 29.2 Å².